The predicted molar refractivity (Wildman–Crippen MR) is 76.2 cm³/mol. The Bertz CT molecular complexity index is 568. The summed E-state index contributed by atoms with van der Waals surface area (Å²) in [5.74, 6) is 0.601. The molecule has 1 N–H and O–H groups in total. The fourth-order valence-electron chi connectivity index (χ4n) is 2.08. The highest BCUT2D eigenvalue weighted by Gasteiger charge is 2.11. The zero-order valence-electron chi connectivity index (χ0n) is 11.4. The Morgan fingerprint density at radius 1 is 1.16 bits per heavy atom. The van der Waals surface area contributed by atoms with Gasteiger partial charge in [-0.3, -0.25) is 0 Å². The smallest absolute Gasteiger partial charge is 0.125 e. The maximum absolute atomic E-state index is 13.2. The van der Waals surface area contributed by atoms with Crippen LogP contribution in [0, 0.1) is 12.7 Å². The number of anilines is 1. The number of rotatable bonds is 4. The molecule has 3 heteroatoms. The fraction of sp³-hybridized carbons (Fsp3) is 0.250. The van der Waals surface area contributed by atoms with E-state index in [4.69, 9.17) is 4.74 Å². The normalized spacial score (nSPS) is 12.0. The van der Waals surface area contributed by atoms with Crippen LogP contribution in [0.5, 0.6) is 5.75 Å². The van der Waals surface area contributed by atoms with Gasteiger partial charge in [-0.1, -0.05) is 18.2 Å². The van der Waals surface area contributed by atoms with E-state index in [1.54, 1.807) is 13.2 Å². The van der Waals surface area contributed by atoms with Gasteiger partial charge in [0, 0.05) is 11.3 Å². The minimum atomic E-state index is -0.243. The van der Waals surface area contributed by atoms with E-state index < -0.39 is 0 Å². The van der Waals surface area contributed by atoms with Crippen molar-refractivity contribution in [3.05, 3.63) is 59.4 Å². The lowest BCUT2D eigenvalue weighted by atomic mass is 10.0. The molecule has 2 rings (SSSR count). The number of hydrogen-bond donors (Lipinski definition) is 1. The third kappa shape index (κ3) is 3.25. The SMILES string of the molecule is COc1cc(C)ccc1C(C)Nc1cccc(F)c1. The van der Waals surface area contributed by atoms with Crippen molar-refractivity contribution in [2.45, 2.75) is 19.9 Å². The number of hydrogen-bond acceptors (Lipinski definition) is 2. The van der Waals surface area contributed by atoms with E-state index in [1.807, 2.05) is 38.1 Å². The quantitative estimate of drug-likeness (QED) is 0.883. The van der Waals surface area contributed by atoms with Crippen LogP contribution >= 0.6 is 0 Å². The van der Waals surface area contributed by atoms with Crippen LogP contribution in [-0.2, 0) is 0 Å². The third-order valence-corrected chi connectivity index (χ3v) is 3.06. The first-order valence-corrected chi connectivity index (χ1v) is 6.27. The molecule has 0 saturated carbocycles. The number of halogens is 1. The first kappa shape index (κ1) is 13.4. The van der Waals surface area contributed by atoms with Crippen LogP contribution in [-0.4, -0.2) is 7.11 Å². The highest BCUT2D eigenvalue weighted by atomic mass is 19.1. The molecule has 0 spiro atoms. The van der Waals surface area contributed by atoms with Crippen LogP contribution < -0.4 is 10.1 Å². The zero-order chi connectivity index (χ0) is 13.8. The predicted octanol–water partition coefficient (Wildman–Crippen LogP) is 4.32. The van der Waals surface area contributed by atoms with Gasteiger partial charge in [0.05, 0.1) is 13.2 Å². The van der Waals surface area contributed by atoms with Crippen molar-refractivity contribution in [1.82, 2.24) is 0 Å². The maximum Gasteiger partial charge on any atom is 0.125 e. The second kappa shape index (κ2) is 5.74. The Hall–Kier alpha value is -2.03. The van der Waals surface area contributed by atoms with Crippen molar-refractivity contribution >= 4 is 5.69 Å². The van der Waals surface area contributed by atoms with Crippen molar-refractivity contribution in [3.63, 3.8) is 0 Å². The van der Waals surface area contributed by atoms with Crippen molar-refractivity contribution in [1.29, 1.82) is 0 Å². The van der Waals surface area contributed by atoms with Gasteiger partial charge in [-0.25, -0.2) is 4.39 Å². The van der Waals surface area contributed by atoms with Gasteiger partial charge in [0.1, 0.15) is 11.6 Å². The van der Waals surface area contributed by atoms with E-state index in [0.717, 1.165) is 22.6 Å². The molecular weight excluding hydrogens is 241 g/mol. The van der Waals surface area contributed by atoms with Crippen LogP contribution in [0.1, 0.15) is 24.1 Å². The average Bonchev–Trinajstić information content (AvgIpc) is 2.38. The van der Waals surface area contributed by atoms with Gasteiger partial charge >= 0.3 is 0 Å². The molecule has 0 fully saturated rings. The van der Waals surface area contributed by atoms with Crippen LogP contribution in [0.15, 0.2) is 42.5 Å². The second-order valence-corrected chi connectivity index (χ2v) is 4.62. The van der Waals surface area contributed by atoms with E-state index in [9.17, 15) is 4.39 Å². The van der Waals surface area contributed by atoms with E-state index in [1.165, 1.54) is 12.1 Å². The summed E-state index contributed by atoms with van der Waals surface area (Å²) < 4.78 is 18.5. The third-order valence-electron chi connectivity index (χ3n) is 3.06. The summed E-state index contributed by atoms with van der Waals surface area (Å²) in [6.07, 6.45) is 0. The monoisotopic (exact) mass is 259 g/mol. The largest absolute Gasteiger partial charge is 0.496 e. The molecule has 2 nitrogen and oxygen atoms in total. The Morgan fingerprint density at radius 2 is 1.95 bits per heavy atom. The molecule has 0 amide bonds. The summed E-state index contributed by atoms with van der Waals surface area (Å²) in [5, 5.41) is 3.27. The van der Waals surface area contributed by atoms with Gasteiger partial charge < -0.3 is 10.1 Å². The number of benzene rings is 2. The van der Waals surface area contributed by atoms with Crippen LogP contribution in [0.3, 0.4) is 0 Å². The summed E-state index contributed by atoms with van der Waals surface area (Å²) >= 11 is 0. The highest BCUT2D eigenvalue weighted by Crippen LogP contribution is 2.28. The number of methoxy groups -OCH3 is 1. The molecule has 19 heavy (non-hydrogen) atoms. The summed E-state index contributed by atoms with van der Waals surface area (Å²) in [5.41, 5.74) is 2.96. The minimum Gasteiger partial charge on any atom is -0.496 e. The van der Waals surface area contributed by atoms with Gasteiger partial charge in [0.2, 0.25) is 0 Å². The fourth-order valence-corrected chi connectivity index (χ4v) is 2.08. The van der Waals surface area contributed by atoms with Gasteiger partial charge in [0.25, 0.3) is 0 Å². The Morgan fingerprint density at radius 3 is 2.63 bits per heavy atom. The number of ether oxygens (including phenoxy) is 1. The van der Waals surface area contributed by atoms with E-state index in [0.29, 0.717) is 0 Å². The molecule has 2 aromatic carbocycles. The molecule has 0 aliphatic rings. The van der Waals surface area contributed by atoms with Crippen LogP contribution in [0.25, 0.3) is 0 Å². The summed E-state index contributed by atoms with van der Waals surface area (Å²) in [6, 6.07) is 12.6. The molecule has 2 aromatic rings. The van der Waals surface area contributed by atoms with Crippen molar-refractivity contribution in [3.8, 4) is 5.75 Å². The molecule has 0 aliphatic heterocycles. The van der Waals surface area contributed by atoms with E-state index in [2.05, 4.69) is 5.32 Å². The van der Waals surface area contributed by atoms with E-state index in [-0.39, 0.29) is 11.9 Å². The molecule has 0 heterocycles. The number of aryl methyl sites for hydroxylation is 1. The molecule has 0 radical (unpaired) electrons. The summed E-state index contributed by atoms with van der Waals surface area (Å²) in [4.78, 5) is 0. The molecule has 1 unspecified atom stereocenters. The number of nitrogens with one attached hydrogen (secondary N) is 1. The van der Waals surface area contributed by atoms with Crippen molar-refractivity contribution in [2.24, 2.45) is 0 Å². The minimum absolute atomic E-state index is 0.0392. The average molecular weight is 259 g/mol. The Kier molecular flexibility index (Phi) is 4.05. The Labute approximate surface area is 113 Å². The molecule has 100 valence electrons. The molecule has 0 aliphatic carbocycles. The maximum atomic E-state index is 13.2. The molecule has 1 atom stereocenters. The van der Waals surface area contributed by atoms with Crippen LogP contribution in [0.4, 0.5) is 10.1 Å². The lowest BCUT2D eigenvalue weighted by molar-refractivity contribution is 0.407. The zero-order valence-corrected chi connectivity index (χ0v) is 11.4. The molecule has 0 saturated heterocycles. The van der Waals surface area contributed by atoms with Gasteiger partial charge in [-0.05, 0) is 43.7 Å². The second-order valence-electron chi connectivity index (χ2n) is 4.62. The van der Waals surface area contributed by atoms with E-state index >= 15 is 0 Å². The molecule has 0 bridgehead atoms. The lowest BCUT2D eigenvalue weighted by Crippen LogP contribution is -2.08. The summed E-state index contributed by atoms with van der Waals surface area (Å²) in [7, 11) is 1.66. The van der Waals surface area contributed by atoms with Crippen molar-refractivity contribution in [2.75, 3.05) is 12.4 Å². The Balaban J connectivity index is 2.22. The topological polar surface area (TPSA) is 21.3 Å². The first-order chi connectivity index (χ1) is 9.10. The van der Waals surface area contributed by atoms with Crippen LogP contribution in [0.2, 0.25) is 0 Å². The summed E-state index contributed by atoms with van der Waals surface area (Å²) in [6.45, 7) is 4.05. The molecular formula is C16H18FNO. The highest BCUT2D eigenvalue weighted by molar-refractivity contribution is 5.48. The van der Waals surface area contributed by atoms with Crippen molar-refractivity contribution < 1.29 is 9.13 Å². The van der Waals surface area contributed by atoms with Gasteiger partial charge in [-0.2, -0.15) is 0 Å². The lowest BCUT2D eigenvalue weighted by Gasteiger charge is -2.19. The molecule has 0 aromatic heterocycles. The first-order valence-electron chi connectivity index (χ1n) is 6.27. The van der Waals surface area contributed by atoms with Gasteiger partial charge in [-0.15, -0.1) is 0 Å². The van der Waals surface area contributed by atoms with Gasteiger partial charge in [0.15, 0.2) is 0 Å². The standard InChI is InChI=1S/C16H18FNO/c1-11-7-8-15(16(9-11)19-3)12(2)18-14-6-4-5-13(17)10-14/h4-10,12,18H,1-3H3.